The van der Waals surface area contributed by atoms with Crippen molar-refractivity contribution in [1.82, 2.24) is 14.3 Å². The molecule has 2 atom stereocenters. The Kier molecular flexibility index (Phi) is 7.88. The summed E-state index contributed by atoms with van der Waals surface area (Å²) in [7, 11) is 2.86. The number of ether oxygens (including phenoxy) is 3. The van der Waals surface area contributed by atoms with E-state index in [0.29, 0.717) is 0 Å². The first-order valence-electron chi connectivity index (χ1n) is 6.31. The molecule has 9 nitrogen and oxygen atoms in total. The molecule has 22 heavy (non-hydrogen) atoms. The first-order chi connectivity index (χ1) is 10.5. The number of rotatable bonds is 9. The number of nitrogens with zero attached hydrogens (tertiary/aromatic N) is 1. The molecular weight excluding hydrogens is 314 g/mol. The van der Waals surface area contributed by atoms with Crippen LogP contribution in [0, 0.1) is 0 Å². The van der Waals surface area contributed by atoms with E-state index in [1.54, 1.807) is 6.26 Å². The Labute approximate surface area is 131 Å². The third kappa shape index (κ3) is 5.30. The van der Waals surface area contributed by atoms with Crippen LogP contribution in [0.3, 0.4) is 0 Å². The van der Waals surface area contributed by atoms with E-state index < -0.39 is 29.5 Å². The molecule has 0 aliphatic carbocycles. The summed E-state index contributed by atoms with van der Waals surface area (Å²) < 4.78 is 19.3. The summed E-state index contributed by atoms with van der Waals surface area (Å²) in [5.74, 6) is -0.395. The van der Waals surface area contributed by atoms with Crippen LogP contribution in [0.4, 0.5) is 0 Å². The third-order valence-electron chi connectivity index (χ3n) is 2.61. The third-order valence-corrected chi connectivity index (χ3v) is 3.01. The van der Waals surface area contributed by atoms with E-state index >= 15 is 0 Å². The van der Waals surface area contributed by atoms with Crippen molar-refractivity contribution in [3.63, 3.8) is 0 Å². The molecule has 0 aliphatic rings. The molecule has 1 aromatic heterocycles. The van der Waals surface area contributed by atoms with Gasteiger partial charge < -0.3 is 14.2 Å². The average Bonchev–Trinajstić information content (AvgIpc) is 2.46. The zero-order chi connectivity index (χ0) is 16.5. The number of H-pyrrole nitrogens is 1. The predicted octanol–water partition coefficient (Wildman–Crippen LogP) is -0.893. The van der Waals surface area contributed by atoms with Crippen molar-refractivity contribution in [3.05, 3.63) is 33.1 Å². The number of amides is 1. The normalized spacial score (nSPS) is 13.6. The maximum Gasteiger partial charge on any atom is 0.330 e. The maximum absolute atomic E-state index is 11.9. The Hall–Kier alpha value is -1.62. The summed E-state index contributed by atoms with van der Waals surface area (Å²) in [5.41, 5.74) is -1.18. The van der Waals surface area contributed by atoms with Crippen LogP contribution in [-0.4, -0.2) is 55.3 Å². The van der Waals surface area contributed by atoms with Gasteiger partial charge in [0.25, 0.3) is 11.5 Å². The number of hydrogen-bond acceptors (Lipinski definition) is 7. The predicted molar refractivity (Wildman–Crippen MR) is 80.6 cm³/mol. The van der Waals surface area contributed by atoms with Crippen molar-refractivity contribution >= 4 is 17.9 Å². The molecule has 0 fully saturated rings. The fourth-order valence-electron chi connectivity index (χ4n) is 1.67. The van der Waals surface area contributed by atoms with Gasteiger partial charge in [-0.3, -0.25) is 23.9 Å². The smallest absolute Gasteiger partial charge is 0.330 e. The standard InChI is InChI=1S/C12H19N3O6S/c1-19-6-8(11(17)14-22-3)21-10(7-20-2)15-5-4-9(16)13-12(15)18/h4-5,8,10H,6-7H2,1-3H3,(H,14,17)(H,13,16,18)/t8-,10+/m0/s1. The molecule has 0 spiro atoms. The molecule has 1 rings (SSSR count). The molecule has 1 aromatic rings. The van der Waals surface area contributed by atoms with E-state index in [4.69, 9.17) is 14.2 Å². The van der Waals surface area contributed by atoms with Gasteiger partial charge in [-0.2, -0.15) is 0 Å². The van der Waals surface area contributed by atoms with Crippen LogP contribution < -0.4 is 16.0 Å². The molecule has 0 radical (unpaired) electrons. The van der Waals surface area contributed by atoms with Gasteiger partial charge >= 0.3 is 5.69 Å². The largest absolute Gasteiger partial charge is 0.381 e. The lowest BCUT2D eigenvalue weighted by Gasteiger charge is -2.24. The number of nitrogens with one attached hydrogen (secondary N) is 2. The summed E-state index contributed by atoms with van der Waals surface area (Å²) in [6.07, 6.45) is 1.15. The van der Waals surface area contributed by atoms with Gasteiger partial charge in [-0.05, 0) is 0 Å². The van der Waals surface area contributed by atoms with E-state index in [-0.39, 0.29) is 13.2 Å². The van der Waals surface area contributed by atoms with Gasteiger partial charge in [-0.1, -0.05) is 11.9 Å². The SMILES string of the molecule is COC[C@H](O[C@H](COC)n1ccc(=O)[nH]c1=O)C(=O)NSC. The van der Waals surface area contributed by atoms with Crippen molar-refractivity contribution < 1.29 is 19.0 Å². The molecule has 1 amide bonds. The first-order valence-corrected chi connectivity index (χ1v) is 7.53. The molecule has 124 valence electrons. The summed E-state index contributed by atoms with van der Waals surface area (Å²) >= 11 is 1.12. The van der Waals surface area contributed by atoms with Crippen LogP contribution in [0.15, 0.2) is 21.9 Å². The van der Waals surface area contributed by atoms with E-state index in [1.807, 2.05) is 0 Å². The minimum atomic E-state index is -0.934. The van der Waals surface area contributed by atoms with Crippen LogP contribution in [-0.2, 0) is 19.0 Å². The van der Waals surface area contributed by atoms with Gasteiger partial charge in [0, 0.05) is 32.7 Å². The van der Waals surface area contributed by atoms with Gasteiger partial charge in [0.1, 0.15) is 0 Å². The van der Waals surface area contributed by atoms with Crippen molar-refractivity contribution in [2.24, 2.45) is 0 Å². The second-order valence-corrected chi connectivity index (χ2v) is 4.79. The number of hydrogen-bond donors (Lipinski definition) is 2. The number of methoxy groups -OCH3 is 2. The minimum Gasteiger partial charge on any atom is -0.381 e. The fraction of sp³-hybridized carbons (Fsp3) is 0.583. The molecule has 0 aromatic carbocycles. The Bertz CT molecular complexity index is 587. The highest BCUT2D eigenvalue weighted by Crippen LogP contribution is 2.11. The molecule has 0 bridgehead atoms. The van der Waals surface area contributed by atoms with Crippen molar-refractivity contribution in [2.75, 3.05) is 33.7 Å². The van der Waals surface area contributed by atoms with Crippen molar-refractivity contribution in [1.29, 1.82) is 0 Å². The molecule has 0 aliphatic heterocycles. The van der Waals surface area contributed by atoms with E-state index in [2.05, 4.69) is 9.71 Å². The number of aromatic amines is 1. The lowest BCUT2D eigenvalue weighted by atomic mass is 10.3. The highest BCUT2D eigenvalue weighted by atomic mass is 32.2. The zero-order valence-electron chi connectivity index (χ0n) is 12.5. The van der Waals surface area contributed by atoms with E-state index in [0.717, 1.165) is 16.5 Å². The molecule has 0 unspecified atom stereocenters. The summed E-state index contributed by atoms with van der Waals surface area (Å²) in [4.78, 5) is 37.0. The monoisotopic (exact) mass is 333 g/mol. The Balaban J connectivity index is 3.00. The lowest BCUT2D eigenvalue weighted by molar-refractivity contribution is -0.150. The second kappa shape index (κ2) is 9.41. The lowest BCUT2D eigenvalue weighted by Crippen LogP contribution is -2.41. The van der Waals surface area contributed by atoms with Crippen molar-refractivity contribution in [2.45, 2.75) is 12.3 Å². The van der Waals surface area contributed by atoms with E-state index in [9.17, 15) is 14.4 Å². The Morgan fingerprint density at radius 3 is 2.59 bits per heavy atom. The molecule has 10 heteroatoms. The van der Waals surface area contributed by atoms with E-state index in [1.165, 1.54) is 26.5 Å². The number of carbonyl (C=O) groups is 1. The van der Waals surface area contributed by atoms with Gasteiger partial charge in [0.05, 0.1) is 13.2 Å². The van der Waals surface area contributed by atoms with Gasteiger partial charge in [0.2, 0.25) is 0 Å². The van der Waals surface area contributed by atoms with Crippen LogP contribution in [0.25, 0.3) is 0 Å². The highest BCUT2D eigenvalue weighted by Gasteiger charge is 2.25. The van der Waals surface area contributed by atoms with Crippen LogP contribution in [0.2, 0.25) is 0 Å². The number of aromatic nitrogens is 2. The molecule has 1 heterocycles. The minimum absolute atomic E-state index is 0.00467. The summed E-state index contributed by atoms with van der Waals surface area (Å²) in [6.45, 7) is 0.0173. The van der Waals surface area contributed by atoms with Gasteiger partial charge in [0.15, 0.2) is 12.3 Å². The molecular formula is C12H19N3O6S. The first kappa shape index (κ1) is 18.4. The summed E-state index contributed by atoms with van der Waals surface area (Å²) in [5, 5.41) is 0. The summed E-state index contributed by atoms with van der Waals surface area (Å²) in [6, 6.07) is 1.18. The topological polar surface area (TPSA) is 112 Å². The zero-order valence-corrected chi connectivity index (χ0v) is 13.3. The average molecular weight is 333 g/mol. The van der Waals surface area contributed by atoms with Gasteiger partial charge in [-0.25, -0.2) is 4.79 Å². The Morgan fingerprint density at radius 2 is 2.05 bits per heavy atom. The van der Waals surface area contributed by atoms with Crippen molar-refractivity contribution in [3.8, 4) is 0 Å². The van der Waals surface area contributed by atoms with Crippen LogP contribution in [0.1, 0.15) is 6.23 Å². The Morgan fingerprint density at radius 1 is 1.36 bits per heavy atom. The second-order valence-electron chi connectivity index (χ2n) is 4.18. The molecule has 0 saturated carbocycles. The van der Waals surface area contributed by atoms with Crippen LogP contribution in [0.5, 0.6) is 0 Å². The van der Waals surface area contributed by atoms with Crippen LogP contribution >= 0.6 is 11.9 Å². The fourth-order valence-corrected chi connectivity index (χ4v) is 2.00. The van der Waals surface area contributed by atoms with Gasteiger partial charge in [-0.15, -0.1) is 0 Å². The number of carbonyl (C=O) groups excluding carboxylic acids is 1. The molecule has 0 saturated heterocycles. The molecule has 2 N–H and O–H groups in total. The quantitative estimate of drug-likeness (QED) is 0.564. The highest BCUT2D eigenvalue weighted by molar-refractivity contribution is 7.97. The maximum atomic E-state index is 11.9.